The summed E-state index contributed by atoms with van der Waals surface area (Å²) in [5.41, 5.74) is -8.90. The zero-order valence-corrected chi connectivity index (χ0v) is 17.9. The number of hydrogen-bond acceptors (Lipinski definition) is 1. The molecule has 1 unspecified atom stereocenters. The van der Waals surface area contributed by atoms with E-state index in [2.05, 4.69) is 0 Å². The molecule has 156 valence electrons. The van der Waals surface area contributed by atoms with Gasteiger partial charge in [0.1, 0.15) is 0 Å². The van der Waals surface area contributed by atoms with Gasteiger partial charge >= 0.3 is 23.9 Å². The molecule has 0 bridgehead atoms. The smallest absolute Gasteiger partial charge is 0.221 e. The van der Waals surface area contributed by atoms with Gasteiger partial charge in [0.25, 0.3) is 0 Å². The lowest BCUT2D eigenvalue weighted by atomic mass is 9.82. The largest absolute Gasteiger partial charge is 0.457 e. The van der Waals surface area contributed by atoms with E-state index in [1.807, 2.05) is 0 Å². The first-order valence-electron chi connectivity index (χ1n) is 7.28. The van der Waals surface area contributed by atoms with Gasteiger partial charge < -0.3 is 0 Å². The molecule has 0 amide bonds. The maximum atomic E-state index is 15.1. The lowest BCUT2D eigenvalue weighted by Gasteiger charge is -2.37. The van der Waals surface area contributed by atoms with Crippen LogP contribution >= 0.6 is 45.2 Å². The molecule has 0 aliphatic carbocycles. The molecular weight excluding hydrogens is 643 g/mol. The number of rotatable bonds is 3. The van der Waals surface area contributed by atoms with E-state index in [1.54, 1.807) is 6.07 Å². The summed E-state index contributed by atoms with van der Waals surface area (Å²) in [6.07, 6.45) is -13.4. The van der Waals surface area contributed by atoms with Crippen molar-refractivity contribution in [3.05, 3.63) is 54.7 Å². The van der Waals surface area contributed by atoms with Crippen LogP contribution in [-0.4, -0.2) is 18.3 Å². The summed E-state index contributed by atoms with van der Waals surface area (Å²) in [7, 11) is 0. The van der Waals surface area contributed by atoms with Crippen molar-refractivity contribution < 1.29 is 39.5 Å². The van der Waals surface area contributed by atoms with Crippen molar-refractivity contribution in [3.63, 3.8) is 0 Å². The number of hydrogen-bond donors (Lipinski definition) is 0. The number of halogens is 11. The van der Waals surface area contributed by atoms with E-state index in [-0.39, 0.29) is 18.3 Å². The molecule has 0 aliphatic rings. The van der Waals surface area contributed by atoms with E-state index in [1.165, 1.54) is 51.2 Å². The molecule has 2 aromatic rings. The first-order chi connectivity index (χ1) is 13.1. The van der Waals surface area contributed by atoms with Crippen LogP contribution in [0.1, 0.15) is 11.1 Å². The summed E-state index contributed by atoms with van der Waals surface area (Å²) in [4.78, 5) is 0. The standard InChI is InChI=1S/C17H6F9I2N/c18-14(16(21,22)23,15(19,20)17(24,25)26)11-5-10(27)6-12(28)13(11)9-3-1-8(7-29)2-4-9/h1-6H. The van der Waals surface area contributed by atoms with E-state index < -0.39 is 35.1 Å². The van der Waals surface area contributed by atoms with Gasteiger partial charge in [0, 0.05) is 18.3 Å². The van der Waals surface area contributed by atoms with Gasteiger partial charge in [-0.05, 0) is 75.0 Å². The molecule has 2 rings (SSSR count). The molecule has 0 fully saturated rings. The Labute approximate surface area is 185 Å². The van der Waals surface area contributed by atoms with Crippen LogP contribution in [0, 0.1) is 18.5 Å². The Morgan fingerprint density at radius 1 is 0.759 bits per heavy atom. The topological polar surface area (TPSA) is 23.8 Å². The molecule has 0 aromatic heterocycles. The molecule has 29 heavy (non-hydrogen) atoms. The van der Waals surface area contributed by atoms with Gasteiger partial charge in [0.2, 0.25) is 0 Å². The van der Waals surface area contributed by atoms with Crippen LogP contribution in [-0.2, 0) is 5.67 Å². The second-order valence-corrected chi connectivity index (χ2v) is 8.14. The van der Waals surface area contributed by atoms with E-state index in [0.717, 1.165) is 24.3 Å². The first-order valence-corrected chi connectivity index (χ1v) is 9.44. The maximum Gasteiger partial charge on any atom is 0.457 e. The molecule has 0 saturated carbocycles. The first kappa shape index (κ1) is 24.0. The van der Waals surface area contributed by atoms with Crippen LogP contribution < -0.4 is 0 Å². The quantitative estimate of drug-likeness (QED) is 0.252. The van der Waals surface area contributed by atoms with Crippen molar-refractivity contribution in [2.24, 2.45) is 0 Å². The van der Waals surface area contributed by atoms with Crippen LogP contribution in [0.25, 0.3) is 11.1 Å². The molecule has 1 atom stereocenters. The van der Waals surface area contributed by atoms with Crippen LogP contribution in [0.4, 0.5) is 39.5 Å². The van der Waals surface area contributed by atoms with Crippen molar-refractivity contribution in [3.8, 4) is 17.2 Å². The summed E-state index contributed by atoms with van der Waals surface area (Å²) < 4.78 is 122. The molecule has 0 heterocycles. The molecule has 1 nitrogen and oxygen atoms in total. The van der Waals surface area contributed by atoms with E-state index in [9.17, 15) is 35.1 Å². The van der Waals surface area contributed by atoms with Gasteiger partial charge in [0.15, 0.2) is 0 Å². The van der Waals surface area contributed by atoms with E-state index >= 15 is 4.39 Å². The van der Waals surface area contributed by atoms with Crippen molar-refractivity contribution in [1.82, 2.24) is 0 Å². The monoisotopic (exact) mass is 649 g/mol. The highest BCUT2D eigenvalue weighted by atomic mass is 127. The molecule has 0 saturated heterocycles. The maximum absolute atomic E-state index is 15.1. The fraction of sp³-hybridized carbons (Fsp3) is 0.235. The predicted octanol–water partition coefficient (Wildman–Crippen LogP) is 7.36. The summed E-state index contributed by atoms with van der Waals surface area (Å²) in [6, 6.07) is 7.52. The molecule has 0 N–H and O–H groups in total. The normalized spacial score (nSPS) is 15.0. The van der Waals surface area contributed by atoms with Crippen LogP contribution in [0.15, 0.2) is 36.4 Å². The zero-order valence-electron chi connectivity index (χ0n) is 13.6. The van der Waals surface area contributed by atoms with Gasteiger partial charge in [-0.1, -0.05) is 12.1 Å². The van der Waals surface area contributed by atoms with Crippen molar-refractivity contribution in [2.75, 3.05) is 0 Å². The Bertz CT molecular complexity index is 959. The van der Waals surface area contributed by atoms with E-state index in [4.69, 9.17) is 5.26 Å². The third-order valence-corrected chi connectivity index (χ3v) is 5.38. The summed E-state index contributed by atoms with van der Waals surface area (Å²) >= 11 is 2.81. The van der Waals surface area contributed by atoms with E-state index in [0.29, 0.717) is 6.07 Å². The summed E-state index contributed by atoms with van der Waals surface area (Å²) in [5, 5.41) is 8.79. The molecule has 0 aliphatic heterocycles. The molecule has 0 radical (unpaired) electrons. The van der Waals surface area contributed by atoms with Crippen LogP contribution in [0.3, 0.4) is 0 Å². The van der Waals surface area contributed by atoms with Crippen molar-refractivity contribution in [2.45, 2.75) is 23.9 Å². The zero-order chi connectivity index (χ0) is 22.4. The van der Waals surface area contributed by atoms with Gasteiger partial charge in [-0.15, -0.1) is 0 Å². The molecular formula is C17H6F9I2N. The Hall–Kier alpha value is -1.24. The molecule has 0 spiro atoms. The Morgan fingerprint density at radius 3 is 1.69 bits per heavy atom. The Balaban J connectivity index is 2.98. The highest BCUT2D eigenvalue weighted by Crippen LogP contribution is 2.60. The highest BCUT2D eigenvalue weighted by Gasteiger charge is 2.82. The van der Waals surface area contributed by atoms with Gasteiger partial charge in [-0.25, -0.2) is 4.39 Å². The Kier molecular flexibility index (Phi) is 6.45. The lowest BCUT2D eigenvalue weighted by Crippen LogP contribution is -2.60. The molecule has 2 aromatic carbocycles. The summed E-state index contributed by atoms with van der Waals surface area (Å²) in [5.74, 6) is -6.77. The summed E-state index contributed by atoms with van der Waals surface area (Å²) in [6.45, 7) is 0. The third kappa shape index (κ3) is 4.04. The minimum absolute atomic E-state index is 0.0544. The van der Waals surface area contributed by atoms with Crippen molar-refractivity contribution >= 4 is 45.2 Å². The minimum atomic E-state index is -6.81. The van der Waals surface area contributed by atoms with Crippen molar-refractivity contribution in [1.29, 1.82) is 5.26 Å². The van der Waals surface area contributed by atoms with Crippen LogP contribution in [0.5, 0.6) is 0 Å². The van der Waals surface area contributed by atoms with Crippen LogP contribution in [0.2, 0.25) is 0 Å². The predicted molar refractivity (Wildman–Crippen MR) is 102 cm³/mol. The third-order valence-electron chi connectivity index (χ3n) is 3.91. The van der Waals surface area contributed by atoms with Gasteiger partial charge in [-0.3, -0.25) is 0 Å². The molecule has 12 heteroatoms. The van der Waals surface area contributed by atoms with Gasteiger partial charge in [-0.2, -0.15) is 40.4 Å². The number of benzene rings is 2. The SMILES string of the molecule is N#Cc1ccc(-c2c(I)cc(I)cc2C(F)(C(F)(F)F)C(F)(F)C(F)(F)F)cc1. The fourth-order valence-corrected chi connectivity index (χ4v) is 4.70. The number of alkyl halides is 9. The average molecular weight is 649 g/mol. The number of nitrogens with zero attached hydrogens (tertiary/aromatic N) is 1. The fourth-order valence-electron chi connectivity index (χ4n) is 2.55. The average Bonchev–Trinajstić information content (AvgIpc) is 2.58. The second-order valence-electron chi connectivity index (χ2n) is 5.73. The number of nitriles is 1. The lowest BCUT2D eigenvalue weighted by molar-refractivity contribution is -0.389. The highest BCUT2D eigenvalue weighted by molar-refractivity contribution is 14.1. The Morgan fingerprint density at radius 2 is 1.28 bits per heavy atom. The second kappa shape index (κ2) is 7.78. The van der Waals surface area contributed by atoms with Gasteiger partial charge in [0.05, 0.1) is 11.6 Å². The minimum Gasteiger partial charge on any atom is -0.221 e.